The van der Waals surface area contributed by atoms with Gasteiger partial charge in [0.1, 0.15) is 0 Å². The van der Waals surface area contributed by atoms with Crippen molar-refractivity contribution in [3.8, 4) is 0 Å². The van der Waals surface area contributed by atoms with E-state index in [1.807, 2.05) is 19.2 Å². The van der Waals surface area contributed by atoms with Crippen LogP contribution in [-0.4, -0.2) is 31.2 Å². The fourth-order valence-electron chi connectivity index (χ4n) is 1.63. The summed E-state index contributed by atoms with van der Waals surface area (Å²) in [6.07, 6.45) is 2.34. The molecular formula is C12H21N3O2S2. The molecule has 1 aromatic heterocycles. The van der Waals surface area contributed by atoms with Gasteiger partial charge in [-0.3, -0.25) is 4.72 Å². The lowest BCUT2D eigenvalue weighted by Gasteiger charge is -2.15. The van der Waals surface area contributed by atoms with Crippen molar-refractivity contribution in [2.75, 3.05) is 11.3 Å². The van der Waals surface area contributed by atoms with E-state index in [4.69, 9.17) is 0 Å². The number of hydrogen-bond acceptors (Lipinski definition) is 5. The summed E-state index contributed by atoms with van der Waals surface area (Å²) >= 11 is 1.36. The van der Waals surface area contributed by atoms with Gasteiger partial charge in [0.15, 0.2) is 5.13 Å². The molecule has 1 saturated carbocycles. The number of rotatable bonds is 7. The topological polar surface area (TPSA) is 71.1 Å². The maximum Gasteiger partial charge on any atom is 0.238 e. The van der Waals surface area contributed by atoms with Crippen LogP contribution >= 0.6 is 11.3 Å². The molecule has 2 N–H and O–H groups in total. The minimum atomic E-state index is -3.37. The van der Waals surface area contributed by atoms with Crippen LogP contribution in [0.25, 0.3) is 0 Å². The Labute approximate surface area is 118 Å². The number of sulfonamides is 1. The van der Waals surface area contributed by atoms with Crippen LogP contribution in [0.4, 0.5) is 5.13 Å². The molecule has 108 valence electrons. The molecule has 5 nitrogen and oxygen atoms in total. The van der Waals surface area contributed by atoms with Gasteiger partial charge < -0.3 is 5.32 Å². The van der Waals surface area contributed by atoms with Gasteiger partial charge in [-0.2, -0.15) is 0 Å². The van der Waals surface area contributed by atoms with Crippen molar-refractivity contribution in [2.45, 2.75) is 50.8 Å². The predicted molar refractivity (Wildman–Crippen MR) is 79.2 cm³/mol. The Kier molecular flexibility index (Phi) is 4.47. The molecule has 1 atom stereocenters. The Morgan fingerprint density at radius 3 is 2.68 bits per heavy atom. The minimum absolute atomic E-state index is 0.277. The van der Waals surface area contributed by atoms with Crippen LogP contribution in [0.3, 0.4) is 0 Å². The maximum atomic E-state index is 12.1. The second kappa shape index (κ2) is 5.76. The van der Waals surface area contributed by atoms with E-state index < -0.39 is 15.3 Å². The lowest BCUT2D eigenvalue weighted by Crippen LogP contribution is -2.37. The Bertz CT molecular complexity index is 521. The van der Waals surface area contributed by atoms with Gasteiger partial charge in [-0.05, 0) is 19.8 Å². The molecule has 1 aromatic rings. The largest absolute Gasteiger partial charge is 0.313 e. The highest BCUT2D eigenvalue weighted by molar-refractivity contribution is 7.93. The van der Waals surface area contributed by atoms with Crippen LogP contribution in [0.1, 0.15) is 45.2 Å². The first-order chi connectivity index (χ1) is 8.88. The van der Waals surface area contributed by atoms with Gasteiger partial charge in [-0.1, -0.05) is 13.8 Å². The van der Waals surface area contributed by atoms with Gasteiger partial charge in [0.05, 0.1) is 10.9 Å². The lowest BCUT2D eigenvalue weighted by molar-refractivity contribution is 0.553. The first-order valence-corrected chi connectivity index (χ1v) is 9.01. The Balaban J connectivity index is 1.94. The fraction of sp³-hybridized carbons (Fsp3) is 0.750. The number of thiazole rings is 1. The summed E-state index contributed by atoms with van der Waals surface area (Å²) in [5.41, 5.74) is 1.02. The summed E-state index contributed by atoms with van der Waals surface area (Å²) in [5.74, 6) is 0.550. The van der Waals surface area contributed by atoms with Crippen LogP contribution < -0.4 is 10.0 Å². The molecule has 19 heavy (non-hydrogen) atoms. The van der Waals surface area contributed by atoms with E-state index in [2.05, 4.69) is 15.0 Å². The number of nitrogens with one attached hydrogen (secondary N) is 2. The predicted octanol–water partition coefficient (Wildman–Crippen LogP) is 2.15. The summed E-state index contributed by atoms with van der Waals surface area (Å²) in [6, 6.07) is 0.277. The Morgan fingerprint density at radius 1 is 1.42 bits per heavy atom. The highest BCUT2D eigenvalue weighted by Crippen LogP contribution is 2.41. The number of hydrogen-bond donors (Lipinski definition) is 2. The number of anilines is 1. The average Bonchev–Trinajstić information content (AvgIpc) is 3.07. The third-order valence-corrected chi connectivity index (χ3v) is 5.70. The van der Waals surface area contributed by atoms with E-state index in [1.54, 1.807) is 6.92 Å². The van der Waals surface area contributed by atoms with E-state index in [1.165, 1.54) is 24.2 Å². The highest BCUT2D eigenvalue weighted by Gasteiger charge is 2.27. The van der Waals surface area contributed by atoms with E-state index in [0.717, 1.165) is 5.69 Å². The summed E-state index contributed by atoms with van der Waals surface area (Å²) in [6.45, 7) is 6.13. The second-order valence-electron chi connectivity index (χ2n) is 5.37. The molecule has 0 aliphatic heterocycles. The van der Waals surface area contributed by atoms with E-state index in [-0.39, 0.29) is 6.04 Å². The van der Waals surface area contributed by atoms with E-state index in [0.29, 0.717) is 17.6 Å². The molecule has 0 bridgehead atoms. The zero-order valence-corrected chi connectivity index (χ0v) is 13.1. The summed E-state index contributed by atoms with van der Waals surface area (Å²) in [4.78, 5) is 4.34. The average molecular weight is 303 g/mol. The lowest BCUT2D eigenvalue weighted by atomic mass is 10.3. The van der Waals surface area contributed by atoms with Gasteiger partial charge in [0, 0.05) is 23.9 Å². The van der Waals surface area contributed by atoms with Gasteiger partial charge in [0.2, 0.25) is 10.0 Å². The van der Waals surface area contributed by atoms with Crippen LogP contribution in [0.5, 0.6) is 0 Å². The SMILES string of the molecule is CC(C)NCC(C)S(=O)(=O)Nc1nc(C2CC2)cs1. The fourth-order valence-corrected chi connectivity index (χ4v) is 3.62. The van der Waals surface area contributed by atoms with Gasteiger partial charge >= 0.3 is 0 Å². The number of aromatic nitrogens is 1. The van der Waals surface area contributed by atoms with Crippen molar-refractivity contribution >= 4 is 26.5 Å². The number of nitrogens with zero attached hydrogens (tertiary/aromatic N) is 1. The van der Waals surface area contributed by atoms with Crippen molar-refractivity contribution < 1.29 is 8.42 Å². The van der Waals surface area contributed by atoms with Gasteiger partial charge in [-0.15, -0.1) is 11.3 Å². The normalized spacial score (nSPS) is 17.7. The van der Waals surface area contributed by atoms with Crippen molar-refractivity contribution in [1.29, 1.82) is 0 Å². The third-order valence-electron chi connectivity index (χ3n) is 3.09. The van der Waals surface area contributed by atoms with Crippen LogP contribution in [-0.2, 0) is 10.0 Å². The van der Waals surface area contributed by atoms with Crippen molar-refractivity contribution in [3.05, 3.63) is 11.1 Å². The van der Waals surface area contributed by atoms with Crippen molar-refractivity contribution in [3.63, 3.8) is 0 Å². The van der Waals surface area contributed by atoms with Crippen LogP contribution in [0, 0.1) is 0 Å². The molecule has 1 aliphatic carbocycles. The van der Waals surface area contributed by atoms with Crippen molar-refractivity contribution in [2.24, 2.45) is 0 Å². The first-order valence-electron chi connectivity index (χ1n) is 6.59. The first kappa shape index (κ1) is 14.7. The molecule has 7 heteroatoms. The second-order valence-corrected chi connectivity index (χ2v) is 8.33. The van der Waals surface area contributed by atoms with Gasteiger partial charge in [-0.25, -0.2) is 13.4 Å². The molecule has 0 radical (unpaired) electrons. The monoisotopic (exact) mass is 303 g/mol. The Hall–Kier alpha value is -0.660. The molecular weight excluding hydrogens is 282 g/mol. The van der Waals surface area contributed by atoms with E-state index in [9.17, 15) is 8.42 Å². The smallest absolute Gasteiger partial charge is 0.238 e. The van der Waals surface area contributed by atoms with Crippen molar-refractivity contribution in [1.82, 2.24) is 10.3 Å². The molecule has 2 rings (SSSR count). The molecule has 1 unspecified atom stereocenters. The molecule has 0 spiro atoms. The zero-order chi connectivity index (χ0) is 14.0. The highest BCUT2D eigenvalue weighted by atomic mass is 32.2. The van der Waals surface area contributed by atoms with E-state index >= 15 is 0 Å². The Morgan fingerprint density at radius 2 is 2.11 bits per heavy atom. The molecule has 0 amide bonds. The summed E-state index contributed by atoms with van der Waals surface area (Å²) < 4.78 is 26.8. The molecule has 1 fully saturated rings. The summed E-state index contributed by atoms with van der Waals surface area (Å²) in [5, 5.41) is 5.09. The standard InChI is InChI=1S/C12H21N3O2S2/c1-8(2)13-6-9(3)19(16,17)15-12-14-11(7-18-12)10-4-5-10/h7-10,13H,4-6H2,1-3H3,(H,14,15). The quantitative estimate of drug-likeness (QED) is 0.809. The van der Waals surface area contributed by atoms with Crippen LogP contribution in [0.15, 0.2) is 5.38 Å². The molecule has 1 heterocycles. The molecule has 0 aromatic carbocycles. The minimum Gasteiger partial charge on any atom is -0.313 e. The van der Waals surface area contributed by atoms with Crippen LogP contribution in [0.2, 0.25) is 0 Å². The third kappa shape index (κ3) is 4.15. The van der Waals surface area contributed by atoms with Gasteiger partial charge in [0.25, 0.3) is 0 Å². The maximum absolute atomic E-state index is 12.1. The summed E-state index contributed by atoms with van der Waals surface area (Å²) in [7, 11) is -3.37. The zero-order valence-electron chi connectivity index (χ0n) is 11.5. The molecule has 1 aliphatic rings. The molecule has 0 saturated heterocycles.